The molecule has 2 aliphatic rings. The molecule has 8 nitrogen and oxygen atoms in total. The fraction of sp³-hybridized carbons (Fsp3) is 0.308. The van der Waals surface area contributed by atoms with Gasteiger partial charge < -0.3 is 29.5 Å². The SMILES string of the molecule is COCCN1C[C@H](Cc2ccccc2)N2C=C(C(=O)O)C(O)C(OCc3ccccc3)=C2C1=O. The molecule has 1 amide bonds. The summed E-state index contributed by atoms with van der Waals surface area (Å²) in [5, 5.41) is 20.7. The first-order valence-electron chi connectivity index (χ1n) is 11.1. The zero-order chi connectivity index (χ0) is 24.1. The lowest BCUT2D eigenvalue weighted by molar-refractivity contribution is -0.137. The minimum absolute atomic E-state index is 0.0473. The van der Waals surface area contributed by atoms with E-state index < -0.39 is 12.1 Å². The topological polar surface area (TPSA) is 99.5 Å². The summed E-state index contributed by atoms with van der Waals surface area (Å²) in [7, 11) is 1.57. The summed E-state index contributed by atoms with van der Waals surface area (Å²) in [5.41, 5.74) is 1.82. The van der Waals surface area contributed by atoms with Crippen LogP contribution in [-0.2, 0) is 32.1 Å². The van der Waals surface area contributed by atoms with Crippen molar-refractivity contribution in [3.63, 3.8) is 0 Å². The maximum absolute atomic E-state index is 13.5. The number of carbonyl (C=O) groups excluding carboxylic acids is 1. The number of carboxylic acids is 1. The molecule has 2 aromatic rings. The summed E-state index contributed by atoms with van der Waals surface area (Å²) in [6.45, 7) is 1.20. The summed E-state index contributed by atoms with van der Waals surface area (Å²) in [5.74, 6) is -1.64. The van der Waals surface area contributed by atoms with Gasteiger partial charge in [0.25, 0.3) is 5.91 Å². The lowest BCUT2D eigenvalue weighted by Crippen LogP contribution is -2.56. The van der Waals surface area contributed by atoms with Crippen LogP contribution in [0.25, 0.3) is 0 Å². The van der Waals surface area contributed by atoms with Crippen molar-refractivity contribution in [1.82, 2.24) is 9.80 Å². The third-order valence-electron chi connectivity index (χ3n) is 5.99. The van der Waals surface area contributed by atoms with E-state index in [0.717, 1.165) is 11.1 Å². The van der Waals surface area contributed by atoms with E-state index in [1.54, 1.807) is 16.9 Å². The molecule has 0 spiro atoms. The Morgan fingerprint density at radius 1 is 1.06 bits per heavy atom. The standard InChI is InChI=1S/C26H28N2O6/c1-33-13-12-27-15-20(14-18-8-4-2-5-9-18)28-16-21(26(31)32)23(29)24(22(28)25(27)30)34-17-19-10-6-3-7-11-19/h2-11,16,20,23,29H,12-15,17H2,1H3,(H,31,32)/t20-,23?/m0/s1. The van der Waals surface area contributed by atoms with Gasteiger partial charge in [-0.05, 0) is 17.5 Å². The minimum Gasteiger partial charge on any atom is -0.488 e. The Bertz CT molecular complexity index is 1080. The summed E-state index contributed by atoms with van der Waals surface area (Å²) in [6, 6.07) is 18.9. The maximum Gasteiger partial charge on any atom is 0.336 e. The van der Waals surface area contributed by atoms with E-state index in [1.165, 1.54) is 6.20 Å². The molecule has 178 valence electrons. The Labute approximate surface area is 198 Å². The second-order valence-electron chi connectivity index (χ2n) is 8.27. The zero-order valence-electron chi connectivity index (χ0n) is 19.0. The van der Waals surface area contributed by atoms with Crippen molar-refractivity contribution < 1.29 is 29.3 Å². The Morgan fingerprint density at radius 3 is 2.32 bits per heavy atom. The van der Waals surface area contributed by atoms with Crippen LogP contribution in [0.3, 0.4) is 0 Å². The molecule has 0 radical (unpaired) electrons. The molecule has 0 aromatic heterocycles. The first-order chi connectivity index (χ1) is 16.5. The number of benzene rings is 2. The predicted octanol–water partition coefficient (Wildman–Crippen LogP) is 2.16. The Hall–Kier alpha value is -3.62. The second kappa shape index (κ2) is 10.5. The number of fused-ring (bicyclic) bond motifs is 1. The number of aliphatic hydroxyl groups excluding tert-OH is 1. The van der Waals surface area contributed by atoms with E-state index >= 15 is 0 Å². The van der Waals surface area contributed by atoms with Gasteiger partial charge in [-0.2, -0.15) is 0 Å². The van der Waals surface area contributed by atoms with Crippen molar-refractivity contribution in [3.05, 3.63) is 95.0 Å². The molecule has 0 bridgehead atoms. The Kier molecular flexibility index (Phi) is 7.30. The fourth-order valence-electron chi connectivity index (χ4n) is 4.26. The average Bonchev–Trinajstić information content (AvgIpc) is 2.85. The third-order valence-corrected chi connectivity index (χ3v) is 5.99. The molecule has 4 rings (SSSR count). The third kappa shape index (κ3) is 4.98. The number of nitrogens with zero attached hydrogens (tertiary/aromatic N) is 2. The zero-order valence-corrected chi connectivity index (χ0v) is 19.0. The molecule has 0 saturated carbocycles. The number of carbonyl (C=O) groups is 2. The van der Waals surface area contributed by atoms with Crippen LogP contribution in [0, 0.1) is 0 Å². The molecule has 34 heavy (non-hydrogen) atoms. The van der Waals surface area contributed by atoms with E-state index in [4.69, 9.17) is 9.47 Å². The van der Waals surface area contributed by atoms with Gasteiger partial charge in [0.15, 0.2) is 5.76 Å². The number of aliphatic hydroxyl groups is 1. The maximum atomic E-state index is 13.5. The van der Waals surface area contributed by atoms with Gasteiger partial charge in [0.1, 0.15) is 18.4 Å². The average molecular weight is 465 g/mol. The normalized spacial score (nSPS) is 20.2. The Balaban J connectivity index is 1.74. The largest absolute Gasteiger partial charge is 0.488 e. The van der Waals surface area contributed by atoms with Crippen LogP contribution in [-0.4, -0.2) is 70.8 Å². The molecule has 2 aliphatic heterocycles. The van der Waals surface area contributed by atoms with Crippen molar-refractivity contribution in [3.8, 4) is 0 Å². The first kappa shape index (κ1) is 23.5. The van der Waals surface area contributed by atoms with Crippen molar-refractivity contribution in [2.45, 2.75) is 25.2 Å². The number of aliphatic carboxylic acids is 1. The highest BCUT2D eigenvalue weighted by atomic mass is 16.5. The van der Waals surface area contributed by atoms with Crippen LogP contribution in [0.1, 0.15) is 11.1 Å². The number of methoxy groups -OCH3 is 1. The van der Waals surface area contributed by atoms with Crippen LogP contribution >= 0.6 is 0 Å². The van der Waals surface area contributed by atoms with Crippen molar-refractivity contribution in [2.24, 2.45) is 0 Å². The number of hydrogen-bond donors (Lipinski definition) is 2. The van der Waals surface area contributed by atoms with Gasteiger partial charge in [-0.15, -0.1) is 0 Å². The summed E-state index contributed by atoms with van der Waals surface area (Å²) < 4.78 is 11.1. The second-order valence-corrected chi connectivity index (χ2v) is 8.27. The molecule has 1 fully saturated rings. The molecule has 2 N–H and O–H groups in total. The summed E-state index contributed by atoms with van der Waals surface area (Å²) in [6.07, 6.45) is 0.389. The van der Waals surface area contributed by atoms with Gasteiger partial charge in [0, 0.05) is 26.4 Å². The smallest absolute Gasteiger partial charge is 0.336 e. The van der Waals surface area contributed by atoms with Crippen molar-refractivity contribution in [2.75, 3.05) is 26.8 Å². The lowest BCUT2D eigenvalue weighted by atomic mass is 9.95. The number of piperazine rings is 1. The quantitative estimate of drug-likeness (QED) is 0.587. The monoisotopic (exact) mass is 464 g/mol. The Morgan fingerprint density at radius 2 is 1.71 bits per heavy atom. The van der Waals surface area contributed by atoms with E-state index in [2.05, 4.69) is 0 Å². The first-order valence-corrected chi connectivity index (χ1v) is 11.1. The van der Waals surface area contributed by atoms with Crippen LogP contribution in [0.2, 0.25) is 0 Å². The van der Waals surface area contributed by atoms with Crippen LogP contribution in [0.4, 0.5) is 0 Å². The van der Waals surface area contributed by atoms with E-state index in [1.807, 2.05) is 60.7 Å². The van der Waals surface area contributed by atoms with Gasteiger partial charge in [-0.25, -0.2) is 4.79 Å². The number of hydrogen-bond acceptors (Lipinski definition) is 6. The molecule has 1 unspecified atom stereocenters. The molecular formula is C26H28N2O6. The summed E-state index contributed by atoms with van der Waals surface area (Å²) >= 11 is 0. The number of carboxylic acid groups (broad SMARTS) is 1. The van der Waals surface area contributed by atoms with E-state index in [0.29, 0.717) is 26.1 Å². The number of rotatable bonds is 9. The highest BCUT2D eigenvalue weighted by molar-refractivity contribution is 5.97. The molecule has 8 heteroatoms. The molecule has 0 aliphatic carbocycles. The lowest BCUT2D eigenvalue weighted by Gasteiger charge is -2.45. The highest BCUT2D eigenvalue weighted by Crippen LogP contribution is 2.34. The summed E-state index contributed by atoms with van der Waals surface area (Å²) in [4.78, 5) is 28.8. The van der Waals surface area contributed by atoms with Gasteiger partial charge in [0.05, 0.1) is 18.2 Å². The minimum atomic E-state index is -1.56. The van der Waals surface area contributed by atoms with Gasteiger partial charge in [-0.1, -0.05) is 60.7 Å². The molecule has 2 aromatic carbocycles. The molecule has 2 atom stereocenters. The van der Waals surface area contributed by atoms with Crippen molar-refractivity contribution in [1.29, 1.82) is 0 Å². The van der Waals surface area contributed by atoms with Crippen LogP contribution < -0.4 is 0 Å². The molecule has 2 heterocycles. The highest BCUT2D eigenvalue weighted by Gasteiger charge is 2.44. The van der Waals surface area contributed by atoms with Crippen LogP contribution in [0.5, 0.6) is 0 Å². The number of ether oxygens (including phenoxy) is 2. The number of amides is 1. The van der Waals surface area contributed by atoms with Gasteiger partial charge >= 0.3 is 5.97 Å². The molecule has 1 saturated heterocycles. The predicted molar refractivity (Wildman–Crippen MR) is 124 cm³/mol. The van der Waals surface area contributed by atoms with E-state index in [9.17, 15) is 19.8 Å². The fourth-order valence-corrected chi connectivity index (χ4v) is 4.26. The molecular weight excluding hydrogens is 436 g/mol. The van der Waals surface area contributed by atoms with Gasteiger partial charge in [0.2, 0.25) is 0 Å². The van der Waals surface area contributed by atoms with Crippen molar-refractivity contribution >= 4 is 11.9 Å². The van der Waals surface area contributed by atoms with Crippen LogP contribution in [0.15, 0.2) is 83.9 Å². The van der Waals surface area contributed by atoms with E-state index in [-0.39, 0.29) is 35.6 Å². The van der Waals surface area contributed by atoms with Gasteiger partial charge in [-0.3, -0.25) is 4.79 Å².